The third kappa shape index (κ3) is 5.47. The highest BCUT2D eigenvalue weighted by Gasteiger charge is 2.20. The molecule has 0 aliphatic carbocycles. The van der Waals surface area contributed by atoms with E-state index in [2.05, 4.69) is 10.2 Å². The molecule has 4 nitrogen and oxygen atoms in total. The Balaban J connectivity index is 0.00000220. The van der Waals surface area contributed by atoms with Crippen LogP contribution in [0.15, 0.2) is 24.3 Å². The molecule has 1 heterocycles. The van der Waals surface area contributed by atoms with Gasteiger partial charge >= 0.3 is 0 Å². The number of amides is 1. The summed E-state index contributed by atoms with van der Waals surface area (Å²) >= 11 is 6.14. The van der Waals surface area contributed by atoms with Gasteiger partial charge < -0.3 is 11.1 Å². The van der Waals surface area contributed by atoms with Gasteiger partial charge in [0.25, 0.3) is 0 Å². The lowest BCUT2D eigenvalue weighted by atomic mass is 10.1. The number of hydrogen-bond donors (Lipinski definition) is 2. The molecule has 21 heavy (non-hydrogen) atoms. The minimum absolute atomic E-state index is 0. The number of carbonyl (C=O) groups excluding carboxylic acids is 1. The fourth-order valence-corrected chi connectivity index (χ4v) is 2.93. The molecular weight excluding hydrogens is 309 g/mol. The Morgan fingerprint density at radius 3 is 2.90 bits per heavy atom. The van der Waals surface area contributed by atoms with Gasteiger partial charge in [-0.3, -0.25) is 9.69 Å². The summed E-state index contributed by atoms with van der Waals surface area (Å²) in [7, 11) is 0. The molecule has 3 N–H and O–H groups in total. The Hall–Kier alpha value is -0.810. The van der Waals surface area contributed by atoms with E-state index in [1.807, 2.05) is 31.2 Å². The molecule has 0 spiro atoms. The third-order valence-electron chi connectivity index (χ3n) is 3.66. The largest absolute Gasteiger partial charge is 0.348 e. The van der Waals surface area contributed by atoms with Gasteiger partial charge in [0.1, 0.15) is 0 Å². The van der Waals surface area contributed by atoms with Gasteiger partial charge in [-0.2, -0.15) is 0 Å². The fraction of sp³-hybridized carbons (Fsp3) is 0.533. The van der Waals surface area contributed by atoms with Crippen molar-refractivity contribution in [3.05, 3.63) is 34.9 Å². The first-order valence-electron chi connectivity index (χ1n) is 7.08. The topological polar surface area (TPSA) is 58.4 Å². The van der Waals surface area contributed by atoms with Gasteiger partial charge in [-0.1, -0.05) is 29.8 Å². The van der Waals surface area contributed by atoms with E-state index in [4.69, 9.17) is 17.3 Å². The van der Waals surface area contributed by atoms with Gasteiger partial charge in [-0.05, 0) is 37.9 Å². The van der Waals surface area contributed by atoms with Crippen LogP contribution in [0.5, 0.6) is 0 Å². The predicted molar refractivity (Wildman–Crippen MR) is 88.9 cm³/mol. The standard InChI is InChI=1S/C15H22ClN3O.ClH/c1-11(13-6-2-3-7-14(13)16)18-15(20)10-19-8-4-5-12(17)9-19;/h2-3,6-7,11-12H,4-5,8-10,17H2,1H3,(H,18,20);1H. The molecule has 0 bridgehead atoms. The van der Waals surface area contributed by atoms with Gasteiger partial charge in [0, 0.05) is 17.6 Å². The Labute approximate surface area is 137 Å². The predicted octanol–water partition coefficient (Wildman–Crippen LogP) is 2.36. The van der Waals surface area contributed by atoms with Crippen molar-refractivity contribution in [3.63, 3.8) is 0 Å². The van der Waals surface area contributed by atoms with Crippen LogP contribution in [0.25, 0.3) is 0 Å². The van der Waals surface area contributed by atoms with Crippen LogP contribution in [-0.4, -0.2) is 36.5 Å². The maximum atomic E-state index is 12.1. The smallest absolute Gasteiger partial charge is 0.234 e. The van der Waals surface area contributed by atoms with Crippen molar-refractivity contribution in [1.82, 2.24) is 10.2 Å². The molecule has 118 valence electrons. The molecule has 2 atom stereocenters. The van der Waals surface area contributed by atoms with Gasteiger partial charge in [0.2, 0.25) is 5.91 Å². The van der Waals surface area contributed by atoms with Crippen LogP contribution in [-0.2, 0) is 4.79 Å². The van der Waals surface area contributed by atoms with Gasteiger partial charge in [-0.25, -0.2) is 0 Å². The van der Waals surface area contributed by atoms with E-state index in [9.17, 15) is 4.79 Å². The molecule has 1 fully saturated rings. The highest BCUT2D eigenvalue weighted by Crippen LogP contribution is 2.22. The summed E-state index contributed by atoms with van der Waals surface area (Å²) in [5.74, 6) is 0.0199. The Bertz CT molecular complexity index is 470. The number of piperidine rings is 1. The summed E-state index contributed by atoms with van der Waals surface area (Å²) in [5, 5.41) is 3.67. The first kappa shape index (κ1) is 18.2. The van der Waals surface area contributed by atoms with Gasteiger partial charge in [0.15, 0.2) is 0 Å². The number of rotatable bonds is 4. The quantitative estimate of drug-likeness (QED) is 0.890. The van der Waals surface area contributed by atoms with E-state index in [0.29, 0.717) is 11.6 Å². The molecule has 1 aliphatic heterocycles. The normalized spacial score (nSPS) is 20.4. The Kier molecular flexibility index (Phi) is 7.46. The number of nitrogens with two attached hydrogens (primary N) is 1. The zero-order valence-electron chi connectivity index (χ0n) is 12.2. The molecular formula is C15H23Cl2N3O. The van der Waals surface area contributed by atoms with Crippen molar-refractivity contribution in [3.8, 4) is 0 Å². The molecule has 0 saturated carbocycles. The summed E-state index contributed by atoms with van der Waals surface area (Å²) in [6.45, 7) is 4.10. The summed E-state index contributed by atoms with van der Waals surface area (Å²) < 4.78 is 0. The number of likely N-dealkylation sites (tertiary alicyclic amines) is 1. The van der Waals surface area contributed by atoms with Crippen molar-refractivity contribution in [1.29, 1.82) is 0 Å². The summed E-state index contributed by atoms with van der Waals surface area (Å²) in [5.41, 5.74) is 6.86. The van der Waals surface area contributed by atoms with Crippen LogP contribution in [0.3, 0.4) is 0 Å². The van der Waals surface area contributed by atoms with Crippen LogP contribution in [0.2, 0.25) is 5.02 Å². The highest BCUT2D eigenvalue weighted by molar-refractivity contribution is 6.31. The summed E-state index contributed by atoms with van der Waals surface area (Å²) in [6.07, 6.45) is 2.11. The maximum absolute atomic E-state index is 12.1. The molecule has 6 heteroatoms. The molecule has 1 aromatic rings. The molecule has 1 amide bonds. The van der Waals surface area contributed by atoms with Crippen LogP contribution in [0.1, 0.15) is 31.4 Å². The first-order chi connectivity index (χ1) is 9.56. The lowest BCUT2D eigenvalue weighted by Crippen LogP contribution is -2.47. The first-order valence-corrected chi connectivity index (χ1v) is 7.46. The molecule has 1 aromatic carbocycles. The van der Waals surface area contributed by atoms with E-state index in [0.717, 1.165) is 31.5 Å². The number of nitrogens with zero attached hydrogens (tertiary/aromatic N) is 1. The van der Waals surface area contributed by atoms with Crippen LogP contribution >= 0.6 is 24.0 Å². The lowest BCUT2D eigenvalue weighted by molar-refractivity contribution is -0.123. The molecule has 2 unspecified atom stereocenters. The lowest BCUT2D eigenvalue weighted by Gasteiger charge is -2.30. The fourth-order valence-electron chi connectivity index (χ4n) is 2.63. The minimum Gasteiger partial charge on any atom is -0.348 e. The minimum atomic E-state index is -0.0883. The number of hydrogen-bond acceptors (Lipinski definition) is 3. The van der Waals surface area contributed by atoms with E-state index in [1.54, 1.807) is 0 Å². The van der Waals surface area contributed by atoms with Crippen LogP contribution < -0.4 is 11.1 Å². The van der Waals surface area contributed by atoms with Crippen LogP contribution in [0, 0.1) is 0 Å². The maximum Gasteiger partial charge on any atom is 0.234 e. The summed E-state index contributed by atoms with van der Waals surface area (Å²) in [6, 6.07) is 7.68. The molecule has 0 radical (unpaired) electrons. The number of nitrogens with one attached hydrogen (secondary N) is 1. The van der Waals surface area contributed by atoms with Crippen molar-refractivity contribution in [2.45, 2.75) is 31.8 Å². The monoisotopic (exact) mass is 331 g/mol. The number of benzene rings is 1. The zero-order chi connectivity index (χ0) is 14.5. The van der Waals surface area contributed by atoms with Crippen molar-refractivity contribution < 1.29 is 4.79 Å². The Morgan fingerprint density at radius 2 is 2.24 bits per heavy atom. The third-order valence-corrected chi connectivity index (χ3v) is 4.00. The highest BCUT2D eigenvalue weighted by atomic mass is 35.5. The molecule has 2 rings (SSSR count). The molecule has 0 aromatic heterocycles. The average Bonchev–Trinajstić information content (AvgIpc) is 2.38. The van der Waals surface area contributed by atoms with Crippen molar-refractivity contribution in [2.24, 2.45) is 5.73 Å². The van der Waals surface area contributed by atoms with Crippen LogP contribution in [0.4, 0.5) is 0 Å². The molecule has 1 aliphatic rings. The van der Waals surface area contributed by atoms with E-state index < -0.39 is 0 Å². The van der Waals surface area contributed by atoms with Crippen molar-refractivity contribution in [2.75, 3.05) is 19.6 Å². The van der Waals surface area contributed by atoms with E-state index >= 15 is 0 Å². The van der Waals surface area contributed by atoms with E-state index in [1.165, 1.54) is 0 Å². The number of halogens is 2. The SMILES string of the molecule is CC(NC(=O)CN1CCCC(N)C1)c1ccccc1Cl.Cl. The molecule has 1 saturated heterocycles. The number of carbonyl (C=O) groups is 1. The summed E-state index contributed by atoms with van der Waals surface area (Å²) in [4.78, 5) is 14.2. The Morgan fingerprint density at radius 1 is 1.52 bits per heavy atom. The zero-order valence-corrected chi connectivity index (χ0v) is 13.8. The van der Waals surface area contributed by atoms with Gasteiger partial charge in [0.05, 0.1) is 12.6 Å². The second kappa shape index (κ2) is 8.59. The second-order valence-electron chi connectivity index (χ2n) is 5.45. The van der Waals surface area contributed by atoms with Crippen molar-refractivity contribution >= 4 is 29.9 Å². The van der Waals surface area contributed by atoms with Gasteiger partial charge in [-0.15, -0.1) is 12.4 Å². The second-order valence-corrected chi connectivity index (χ2v) is 5.86. The van der Waals surface area contributed by atoms with E-state index in [-0.39, 0.29) is 30.4 Å². The average molecular weight is 332 g/mol.